The number of carbonyl (C=O) groups is 1. The van der Waals surface area contributed by atoms with E-state index in [1.807, 2.05) is 9.80 Å². The molecule has 3 heterocycles. The molecule has 8 heteroatoms. The van der Waals surface area contributed by atoms with E-state index in [0.29, 0.717) is 18.9 Å². The van der Waals surface area contributed by atoms with E-state index in [1.54, 1.807) is 7.05 Å². The Balaban J connectivity index is 1.35. The number of anilines is 2. The second-order valence-corrected chi connectivity index (χ2v) is 9.03. The summed E-state index contributed by atoms with van der Waals surface area (Å²) in [5.41, 5.74) is 3.24. The smallest absolute Gasteiger partial charge is 0.332 e. The lowest BCUT2D eigenvalue weighted by molar-refractivity contribution is -0.136. The Morgan fingerprint density at radius 1 is 0.875 bits per heavy atom. The Hall–Kier alpha value is -3.03. The van der Waals surface area contributed by atoms with Crippen molar-refractivity contribution < 1.29 is 4.79 Å². The second-order valence-electron chi connectivity index (χ2n) is 9.03. The highest BCUT2D eigenvalue weighted by atomic mass is 16.2. The van der Waals surface area contributed by atoms with Gasteiger partial charge in [0.25, 0.3) is 5.56 Å². The summed E-state index contributed by atoms with van der Waals surface area (Å²) in [6.45, 7) is 8.82. The Kier molecular flexibility index (Phi) is 6.13. The number of nitrogens with zero attached hydrogens (tertiary/aromatic N) is 5. The molecule has 0 atom stereocenters. The summed E-state index contributed by atoms with van der Waals surface area (Å²) >= 11 is 0. The van der Waals surface area contributed by atoms with Crippen LogP contribution in [0.25, 0.3) is 0 Å². The third-order valence-electron chi connectivity index (χ3n) is 7.18. The maximum Gasteiger partial charge on any atom is 0.332 e. The monoisotopic (exact) mass is 439 g/mol. The number of aryl methyl sites for hydroxylation is 1. The molecule has 4 rings (SSSR count). The quantitative estimate of drug-likeness (QED) is 0.720. The number of hydrogen-bond donors (Lipinski definition) is 0. The van der Waals surface area contributed by atoms with Gasteiger partial charge < -0.3 is 14.7 Å². The number of amides is 1. The molecular formula is C24H33N5O3. The Morgan fingerprint density at radius 3 is 2.19 bits per heavy atom. The van der Waals surface area contributed by atoms with E-state index in [-0.39, 0.29) is 23.1 Å². The van der Waals surface area contributed by atoms with Gasteiger partial charge in [0, 0.05) is 71.0 Å². The van der Waals surface area contributed by atoms with Crippen LogP contribution < -0.4 is 21.0 Å². The molecule has 8 nitrogen and oxygen atoms in total. The van der Waals surface area contributed by atoms with Crippen LogP contribution in [0.4, 0.5) is 11.5 Å². The summed E-state index contributed by atoms with van der Waals surface area (Å²) in [7, 11) is 3.17. The van der Waals surface area contributed by atoms with Crippen molar-refractivity contribution in [1.82, 2.24) is 14.0 Å². The molecule has 2 aromatic rings. The molecule has 32 heavy (non-hydrogen) atoms. The molecule has 0 unspecified atom stereocenters. The van der Waals surface area contributed by atoms with Gasteiger partial charge in [-0.3, -0.25) is 18.7 Å². The van der Waals surface area contributed by atoms with Crippen LogP contribution in [-0.4, -0.2) is 59.2 Å². The number of rotatable bonds is 3. The van der Waals surface area contributed by atoms with Crippen molar-refractivity contribution in [3.05, 3.63) is 56.2 Å². The molecule has 1 amide bonds. The molecule has 0 aliphatic carbocycles. The Labute approximate surface area is 188 Å². The van der Waals surface area contributed by atoms with Crippen molar-refractivity contribution in [2.75, 3.05) is 49.1 Å². The maximum absolute atomic E-state index is 13.2. The average molecular weight is 440 g/mol. The summed E-state index contributed by atoms with van der Waals surface area (Å²) < 4.78 is 2.62. The van der Waals surface area contributed by atoms with E-state index in [4.69, 9.17) is 0 Å². The highest BCUT2D eigenvalue weighted by molar-refractivity contribution is 5.79. The zero-order chi connectivity index (χ0) is 23.0. The predicted octanol–water partition coefficient (Wildman–Crippen LogP) is 1.27. The van der Waals surface area contributed by atoms with Crippen molar-refractivity contribution in [2.24, 2.45) is 20.0 Å². The van der Waals surface area contributed by atoms with Gasteiger partial charge in [-0.25, -0.2) is 4.79 Å². The SMILES string of the molecule is Cc1cccc(N2CCN(C(=O)C3CCN(c4cc(=O)n(C)c(=O)n4C)CC3)CC2)c1C. The highest BCUT2D eigenvalue weighted by Crippen LogP contribution is 2.26. The average Bonchev–Trinajstić information content (AvgIpc) is 2.81. The first kappa shape index (κ1) is 22.2. The molecule has 0 bridgehead atoms. The molecule has 2 fully saturated rings. The molecule has 2 saturated heterocycles. The first-order chi connectivity index (χ1) is 15.3. The first-order valence-corrected chi connectivity index (χ1v) is 11.4. The van der Waals surface area contributed by atoms with Crippen LogP contribution in [0.15, 0.2) is 33.9 Å². The van der Waals surface area contributed by atoms with Crippen molar-refractivity contribution in [2.45, 2.75) is 26.7 Å². The fraction of sp³-hybridized carbons (Fsp3) is 0.542. The van der Waals surface area contributed by atoms with E-state index in [2.05, 4.69) is 36.9 Å². The van der Waals surface area contributed by atoms with Gasteiger partial charge in [0.05, 0.1) is 0 Å². The summed E-state index contributed by atoms with van der Waals surface area (Å²) in [6.07, 6.45) is 1.47. The van der Waals surface area contributed by atoms with Crippen LogP contribution in [0.3, 0.4) is 0 Å². The van der Waals surface area contributed by atoms with Crippen LogP contribution in [-0.2, 0) is 18.9 Å². The summed E-state index contributed by atoms with van der Waals surface area (Å²) in [5.74, 6) is 0.872. The largest absolute Gasteiger partial charge is 0.368 e. The van der Waals surface area contributed by atoms with Gasteiger partial charge in [0.15, 0.2) is 0 Å². The predicted molar refractivity (Wildman–Crippen MR) is 127 cm³/mol. The molecule has 0 radical (unpaired) electrons. The van der Waals surface area contributed by atoms with E-state index >= 15 is 0 Å². The van der Waals surface area contributed by atoms with Gasteiger partial charge in [-0.15, -0.1) is 0 Å². The van der Waals surface area contributed by atoms with Crippen LogP contribution >= 0.6 is 0 Å². The minimum atomic E-state index is -0.326. The summed E-state index contributed by atoms with van der Waals surface area (Å²) in [6, 6.07) is 7.91. The lowest BCUT2D eigenvalue weighted by atomic mass is 9.95. The van der Waals surface area contributed by atoms with Crippen molar-refractivity contribution in [1.29, 1.82) is 0 Å². The van der Waals surface area contributed by atoms with E-state index in [1.165, 1.54) is 34.5 Å². The number of piperidine rings is 1. The lowest BCUT2D eigenvalue weighted by Crippen LogP contribution is -2.52. The van der Waals surface area contributed by atoms with Crippen molar-refractivity contribution in [3.63, 3.8) is 0 Å². The minimum absolute atomic E-state index is 0.00193. The third kappa shape index (κ3) is 4.06. The highest BCUT2D eigenvalue weighted by Gasteiger charge is 2.31. The molecule has 0 saturated carbocycles. The number of carbonyl (C=O) groups excluding carboxylic acids is 1. The fourth-order valence-corrected chi connectivity index (χ4v) is 4.88. The van der Waals surface area contributed by atoms with E-state index in [0.717, 1.165) is 43.6 Å². The standard InChI is InChI=1S/C24H33N5O3/c1-17-6-5-7-20(18(17)2)27-12-14-29(15-13-27)23(31)19-8-10-28(11-9-19)21-16-22(30)26(4)24(32)25(21)3/h5-7,16,19H,8-15H2,1-4H3. The molecule has 172 valence electrons. The second kappa shape index (κ2) is 8.84. The lowest BCUT2D eigenvalue weighted by Gasteiger charge is -2.40. The van der Waals surface area contributed by atoms with Gasteiger partial charge in [-0.05, 0) is 43.9 Å². The number of benzene rings is 1. The molecule has 0 N–H and O–H groups in total. The molecule has 1 aromatic heterocycles. The van der Waals surface area contributed by atoms with E-state index in [9.17, 15) is 14.4 Å². The summed E-state index contributed by atoms with van der Waals surface area (Å²) in [5, 5.41) is 0. The number of aromatic nitrogens is 2. The molecule has 2 aliphatic rings. The molecule has 0 spiro atoms. The maximum atomic E-state index is 13.2. The van der Waals surface area contributed by atoms with Gasteiger partial charge in [-0.1, -0.05) is 12.1 Å². The zero-order valence-electron chi connectivity index (χ0n) is 19.5. The fourth-order valence-electron chi connectivity index (χ4n) is 4.88. The minimum Gasteiger partial charge on any atom is -0.368 e. The molecular weight excluding hydrogens is 406 g/mol. The topological polar surface area (TPSA) is 70.8 Å². The zero-order valence-corrected chi connectivity index (χ0v) is 19.5. The Bertz CT molecular complexity index is 1120. The van der Waals surface area contributed by atoms with Crippen LogP contribution in [0, 0.1) is 19.8 Å². The molecule has 1 aromatic carbocycles. The van der Waals surface area contributed by atoms with Crippen molar-refractivity contribution in [3.8, 4) is 0 Å². The normalized spacial score (nSPS) is 17.7. The molecule has 2 aliphatic heterocycles. The Morgan fingerprint density at radius 2 is 1.53 bits per heavy atom. The van der Waals surface area contributed by atoms with Crippen LogP contribution in [0.1, 0.15) is 24.0 Å². The van der Waals surface area contributed by atoms with Gasteiger partial charge in [0.2, 0.25) is 5.91 Å². The van der Waals surface area contributed by atoms with Gasteiger partial charge in [0.1, 0.15) is 5.82 Å². The number of hydrogen-bond acceptors (Lipinski definition) is 5. The first-order valence-electron chi connectivity index (χ1n) is 11.4. The number of piperazine rings is 1. The van der Waals surface area contributed by atoms with Crippen molar-refractivity contribution >= 4 is 17.4 Å². The van der Waals surface area contributed by atoms with Gasteiger partial charge >= 0.3 is 5.69 Å². The van der Waals surface area contributed by atoms with E-state index < -0.39 is 0 Å². The van der Waals surface area contributed by atoms with Gasteiger partial charge in [-0.2, -0.15) is 0 Å². The van der Waals surface area contributed by atoms with Crippen LogP contribution in [0.2, 0.25) is 0 Å². The third-order valence-corrected chi connectivity index (χ3v) is 7.18. The summed E-state index contributed by atoms with van der Waals surface area (Å²) in [4.78, 5) is 43.9. The van der Waals surface area contributed by atoms with Crippen LogP contribution in [0.5, 0.6) is 0 Å².